The highest BCUT2D eigenvalue weighted by molar-refractivity contribution is 5.88. The van der Waals surface area contributed by atoms with Crippen molar-refractivity contribution in [2.45, 2.75) is 20.0 Å². The maximum atomic E-state index is 11.1. The summed E-state index contributed by atoms with van der Waals surface area (Å²) >= 11 is 0. The highest BCUT2D eigenvalue weighted by Crippen LogP contribution is 2.25. The SMILES string of the molecule is CC(=O)Nc1ccc(N2CCn3c(nc4ccccc43)C2)cc1. The summed E-state index contributed by atoms with van der Waals surface area (Å²) in [5, 5.41) is 2.79. The van der Waals surface area contributed by atoms with E-state index in [1.807, 2.05) is 30.3 Å². The molecule has 0 bridgehead atoms. The fraction of sp³-hybridized carbons (Fsp3) is 0.222. The second-order valence-electron chi connectivity index (χ2n) is 5.82. The van der Waals surface area contributed by atoms with E-state index < -0.39 is 0 Å². The van der Waals surface area contributed by atoms with Gasteiger partial charge in [0, 0.05) is 31.4 Å². The first-order chi connectivity index (χ1) is 11.2. The number of para-hydroxylation sites is 2. The van der Waals surface area contributed by atoms with Gasteiger partial charge in [-0.2, -0.15) is 0 Å². The van der Waals surface area contributed by atoms with Crippen molar-refractivity contribution in [3.05, 3.63) is 54.4 Å². The molecule has 0 saturated heterocycles. The molecule has 0 fully saturated rings. The van der Waals surface area contributed by atoms with Gasteiger partial charge in [0.1, 0.15) is 5.82 Å². The summed E-state index contributed by atoms with van der Waals surface area (Å²) in [7, 11) is 0. The lowest BCUT2D eigenvalue weighted by Crippen LogP contribution is -2.33. The number of imidazole rings is 1. The van der Waals surface area contributed by atoms with Gasteiger partial charge in [-0.3, -0.25) is 4.79 Å². The summed E-state index contributed by atoms with van der Waals surface area (Å²) in [4.78, 5) is 18.2. The predicted octanol–water partition coefficient (Wildman–Crippen LogP) is 3.01. The number of hydrogen-bond acceptors (Lipinski definition) is 3. The standard InChI is InChI=1S/C18H18N4O/c1-13(23)19-14-6-8-15(9-7-14)21-10-11-22-17-5-3-2-4-16(17)20-18(22)12-21/h2-9H,10-12H2,1H3,(H,19,23). The van der Waals surface area contributed by atoms with Crippen LogP contribution in [0.25, 0.3) is 11.0 Å². The first kappa shape index (κ1) is 13.8. The number of amides is 1. The van der Waals surface area contributed by atoms with Crippen LogP contribution >= 0.6 is 0 Å². The van der Waals surface area contributed by atoms with Crippen molar-refractivity contribution in [1.29, 1.82) is 0 Å². The van der Waals surface area contributed by atoms with Gasteiger partial charge in [0.05, 0.1) is 17.6 Å². The Bertz CT molecular complexity index is 866. The minimum Gasteiger partial charge on any atom is -0.362 e. The Kier molecular flexibility index (Phi) is 3.26. The monoisotopic (exact) mass is 306 g/mol. The van der Waals surface area contributed by atoms with Crippen molar-refractivity contribution in [2.75, 3.05) is 16.8 Å². The Morgan fingerprint density at radius 1 is 1.09 bits per heavy atom. The molecule has 3 aromatic rings. The lowest BCUT2D eigenvalue weighted by molar-refractivity contribution is -0.114. The molecule has 5 heteroatoms. The maximum absolute atomic E-state index is 11.1. The van der Waals surface area contributed by atoms with Crippen LogP contribution in [-0.4, -0.2) is 22.0 Å². The zero-order valence-corrected chi connectivity index (χ0v) is 13.0. The van der Waals surface area contributed by atoms with Crippen LogP contribution in [0.5, 0.6) is 0 Å². The number of hydrogen-bond donors (Lipinski definition) is 1. The maximum Gasteiger partial charge on any atom is 0.221 e. The molecule has 1 aliphatic heterocycles. The summed E-state index contributed by atoms with van der Waals surface area (Å²) < 4.78 is 2.30. The molecule has 0 saturated carbocycles. The van der Waals surface area contributed by atoms with Crippen molar-refractivity contribution in [3.8, 4) is 0 Å². The molecule has 1 aliphatic rings. The van der Waals surface area contributed by atoms with E-state index >= 15 is 0 Å². The Morgan fingerprint density at radius 3 is 2.65 bits per heavy atom. The van der Waals surface area contributed by atoms with E-state index in [-0.39, 0.29) is 5.91 Å². The van der Waals surface area contributed by atoms with E-state index in [1.54, 1.807) is 0 Å². The van der Waals surface area contributed by atoms with Crippen molar-refractivity contribution in [3.63, 3.8) is 0 Å². The van der Waals surface area contributed by atoms with Crippen LogP contribution in [0.2, 0.25) is 0 Å². The van der Waals surface area contributed by atoms with E-state index in [1.165, 1.54) is 12.4 Å². The van der Waals surface area contributed by atoms with Gasteiger partial charge < -0.3 is 14.8 Å². The van der Waals surface area contributed by atoms with Crippen LogP contribution in [0, 0.1) is 0 Å². The molecule has 0 unspecified atom stereocenters. The lowest BCUT2D eigenvalue weighted by atomic mass is 10.2. The molecular weight excluding hydrogens is 288 g/mol. The molecule has 0 aliphatic carbocycles. The first-order valence-electron chi connectivity index (χ1n) is 7.77. The second-order valence-corrected chi connectivity index (χ2v) is 5.82. The number of nitrogens with zero attached hydrogens (tertiary/aromatic N) is 3. The molecule has 4 rings (SSSR count). The average molecular weight is 306 g/mol. The molecule has 0 spiro atoms. The molecule has 116 valence electrons. The number of aromatic nitrogens is 2. The zero-order valence-electron chi connectivity index (χ0n) is 13.0. The normalized spacial score (nSPS) is 13.9. The second kappa shape index (κ2) is 5.43. The summed E-state index contributed by atoms with van der Waals surface area (Å²) in [6.07, 6.45) is 0. The molecule has 23 heavy (non-hydrogen) atoms. The quantitative estimate of drug-likeness (QED) is 0.792. The molecular formula is C18H18N4O. The number of fused-ring (bicyclic) bond motifs is 3. The Labute approximate surface area is 134 Å². The Balaban J connectivity index is 1.59. The molecule has 0 radical (unpaired) electrons. The predicted molar refractivity (Wildman–Crippen MR) is 91.5 cm³/mol. The summed E-state index contributed by atoms with van der Waals surface area (Å²) in [5.41, 5.74) is 4.25. The minimum atomic E-state index is -0.0514. The van der Waals surface area contributed by atoms with Crippen LogP contribution in [0.1, 0.15) is 12.7 Å². The summed E-state index contributed by atoms with van der Waals surface area (Å²) in [6.45, 7) is 4.20. The van der Waals surface area contributed by atoms with E-state index in [0.29, 0.717) is 0 Å². The number of anilines is 2. The van der Waals surface area contributed by atoms with Gasteiger partial charge >= 0.3 is 0 Å². The third kappa shape index (κ3) is 2.54. The van der Waals surface area contributed by atoms with Gasteiger partial charge in [-0.25, -0.2) is 4.98 Å². The highest BCUT2D eigenvalue weighted by Gasteiger charge is 2.20. The number of rotatable bonds is 2. The largest absolute Gasteiger partial charge is 0.362 e. The molecule has 2 aromatic carbocycles. The van der Waals surface area contributed by atoms with Crippen LogP contribution < -0.4 is 10.2 Å². The third-order valence-corrected chi connectivity index (χ3v) is 4.21. The summed E-state index contributed by atoms with van der Waals surface area (Å²) in [5.74, 6) is 1.05. The van der Waals surface area contributed by atoms with Gasteiger partial charge in [-0.15, -0.1) is 0 Å². The number of carbonyl (C=O) groups excluding carboxylic acids is 1. The van der Waals surface area contributed by atoms with Gasteiger partial charge in [-0.05, 0) is 36.4 Å². The smallest absolute Gasteiger partial charge is 0.221 e. The van der Waals surface area contributed by atoms with Crippen LogP contribution in [0.4, 0.5) is 11.4 Å². The zero-order chi connectivity index (χ0) is 15.8. The number of benzene rings is 2. The highest BCUT2D eigenvalue weighted by atomic mass is 16.1. The third-order valence-electron chi connectivity index (χ3n) is 4.21. The van der Waals surface area contributed by atoms with Crippen molar-refractivity contribution >= 4 is 28.3 Å². The molecule has 1 aromatic heterocycles. The van der Waals surface area contributed by atoms with Gasteiger partial charge in [0.15, 0.2) is 0 Å². The van der Waals surface area contributed by atoms with Gasteiger partial charge in [-0.1, -0.05) is 12.1 Å². The molecule has 1 N–H and O–H groups in total. The van der Waals surface area contributed by atoms with Crippen LogP contribution in [0.15, 0.2) is 48.5 Å². The molecule has 5 nitrogen and oxygen atoms in total. The molecule has 0 atom stereocenters. The topological polar surface area (TPSA) is 50.2 Å². The number of nitrogens with one attached hydrogen (secondary N) is 1. The minimum absolute atomic E-state index is 0.0514. The molecule has 1 amide bonds. The fourth-order valence-corrected chi connectivity index (χ4v) is 3.15. The first-order valence-corrected chi connectivity index (χ1v) is 7.77. The van der Waals surface area contributed by atoms with Crippen molar-refractivity contribution < 1.29 is 4.79 Å². The van der Waals surface area contributed by atoms with E-state index in [9.17, 15) is 4.79 Å². The van der Waals surface area contributed by atoms with E-state index in [0.717, 1.165) is 42.4 Å². The number of carbonyl (C=O) groups is 1. The van der Waals surface area contributed by atoms with Gasteiger partial charge in [0.25, 0.3) is 0 Å². The summed E-state index contributed by atoms with van der Waals surface area (Å²) in [6, 6.07) is 16.2. The fourth-order valence-electron chi connectivity index (χ4n) is 3.15. The Morgan fingerprint density at radius 2 is 1.87 bits per heavy atom. The average Bonchev–Trinajstić information content (AvgIpc) is 2.92. The molecule has 2 heterocycles. The van der Waals surface area contributed by atoms with Gasteiger partial charge in [0.2, 0.25) is 5.91 Å². The van der Waals surface area contributed by atoms with Crippen LogP contribution in [0.3, 0.4) is 0 Å². The van der Waals surface area contributed by atoms with E-state index in [4.69, 9.17) is 4.98 Å². The Hall–Kier alpha value is -2.82. The lowest BCUT2D eigenvalue weighted by Gasteiger charge is -2.30. The van der Waals surface area contributed by atoms with Crippen molar-refractivity contribution in [1.82, 2.24) is 9.55 Å². The van der Waals surface area contributed by atoms with E-state index in [2.05, 4.69) is 33.0 Å². The van der Waals surface area contributed by atoms with Crippen molar-refractivity contribution in [2.24, 2.45) is 0 Å². The van der Waals surface area contributed by atoms with Crippen LogP contribution in [-0.2, 0) is 17.9 Å².